The van der Waals surface area contributed by atoms with Crippen LogP contribution >= 0.6 is 0 Å². The van der Waals surface area contributed by atoms with Gasteiger partial charge in [-0.3, -0.25) is 9.48 Å². The molecule has 1 amide bonds. The summed E-state index contributed by atoms with van der Waals surface area (Å²) in [5.41, 5.74) is 5.90. The average molecular weight is 420 g/mol. The molecule has 1 aromatic heterocycles. The van der Waals surface area contributed by atoms with Gasteiger partial charge in [0.25, 0.3) is 5.91 Å². The quantitative estimate of drug-likeness (QED) is 0.615. The molecule has 1 aliphatic heterocycles. The van der Waals surface area contributed by atoms with Crippen LogP contribution in [0.4, 0.5) is 0 Å². The highest BCUT2D eigenvalue weighted by atomic mass is 16.5. The number of hydrogen-bond acceptors (Lipinski definition) is 3. The van der Waals surface area contributed by atoms with Crippen molar-refractivity contribution in [3.63, 3.8) is 0 Å². The van der Waals surface area contributed by atoms with E-state index in [2.05, 4.69) is 43.4 Å². The van der Waals surface area contributed by atoms with Crippen LogP contribution in [0.15, 0.2) is 54.7 Å². The van der Waals surface area contributed by atoms with Crippen LogP contribution in [0.5, 0.6) is 0 Å². The maximum atomic E-state index is 13.1. The molecule has 1 fully saturated rings. The van der Waals surface area contributed by atoms with Gasteiger partial charge in [0.1, 0.15) is 18.8 Å². The van der Waals surface area contributed by atoms with Crippen molar-refractivity contribution in [2.24, 2.45) is 0 Å². The first-order valence-corrected chi connectivity index (χ1v) is 11.0. The SMILES string of the molecule is Cc1ccc(-c2nn(Cc3ccccc3)cc2C(=O)NCC[NH+]2CCOCC2)cc1C. The summed E-state index contributed by atoms with van der Waals surface area (Å²) in [6.07, 6.45) is 1.87. The van der Waals surface area contributed by atoms with Crippen molar-refractivity contribution in [1.29, 1.82) is 0 Å². The Balaban J connectivity index is 1.54. The van der Waals surface area contributed by atoms with Crippen LogP contribution in [0, 0.1) is 13.8 Å². The smallest absolute Gasteiger partial charge is 0.255 e. The van der Waals surface area contributed by atoms with Gasteiger partial charge >= 0.3 is 0 Å². The van der Waals surface area contributed by atoms with Crippen molar-refractivity contribution in [3.8, 4) is 11.3 Å². The fourth-order valence-corrected chi connectivity index (χ4v) is 3.90. The van der Waals surface area contributed by atoms with Gasteiger partial charge in [-0.05, 0) is 36.6 Å². The molecule has 0 bridgehead atoms. The topological polar surface area (TPSA) is 60.6 Å². The van der Waals surface area contributed by atoms with Crippen molar-refractivity contribution in [3.05, 3.63) is 77.0 Å². The first-order chi connectivity index (χ1) is 15.1. The number of carbonyl (C=O) groups is 1. The number of nitrogens with one attached hydrogen (secondary N) is 2. The van der Waals surface area contributed by atoms with Crippen LogP contribution < -0.4 is 10.2 Å². The third kappa shape index (κ3) is 5.40. The van der Waals surface area contributed by atoms with Crippen LogP contribution in [-0.4, -0.2) is 55.1 Å². The minimum atomic E-state index is -0.0693. The number of nitrogens with zero attached hydrogens (tertiary/aromatic N) is 2. The van der Waals surface area contributed by atoms with Gasteiger partial charge in [0.05, 0.1) is 38.4 Å². The van der Waals surface area contributed by atoms with E-state index in [1.54, 1.807) is 0 Å². The lowest BCUT2D eigenvalue weighted by molar-refractivity contribution is -0.906. The molecule has 1 saturated heterocycles. The Bertz CT molecular complexity index is 1020. The number of quaternary nitrogens is 1. The third-order valence-electron chi connectivity index (χ3n) is 5.94. The zero-order chi connectivity index (χ0) is 21.6. The molecular formula is C25H31N4O2+. The summed E-state index contributed by atoms with van der Waals surface area (Å²) in [5.74, 6) is -0.0693. The zero-order valence-corrected chi connectivity index (χ0v) is 18.4. The molecule has 2 heterocycles. The first-order valence-electron chi connectivity index (χ1n) is 11.0. The summed E-state index contributed by atoms with van der Waals surface area (Å²) in [4.78, 5) is 14.6. The predicted octanol–water partition coefficient (Wildman–Crippen LogP) is 1.86. The van der Waals surface area contributed by atoms with Gasteiger partial charge in [-0.15, -0.1) is 0 Å². The summed E-state index contributed by atoms with van der Waals surface area (Å²) in [7, 11) is 0. The Morgan fingerprint density at radius 3 is 2.61 bits per heavy atom. The molecule has 0 radical (unpaired) electrons. The van der Waals surface area contributed by atoms with Crippen LogP contribution in [0.25, 0.3) is 11.3 Å². The Morgan fingerprint density at radius 1 is 1.10 bits per heavy atom. The minimum absolute atomic E-state index is 0.0693. The zero-order valence-electron chi connectivity index (χ0n) is 18.4. The Kier molecular flexibility index (Phi) is 6.79. The number of aromatic nitrogens is 2. The highest BCUT2D eigenvalue weighted by molar-refractivity contribution is 5.99. The number of aryl methyl sites for hydroxylation is 2. The number of hydrogen-bond donors (Lipinski definition) is 2. The Labute approximate surface area is 183 Å². The fourth-order valence-electron chi connectivity index (χ4n) is 3.90. The van der Waals surface area contributed by atoms with Crippen LogP contribution in [0.2, 0.25) is 0 Å². The molecule has 2 aromatic carbocycles. The maximum Gasteiger partial charge on any atom is 0.255 e. The predicted molar refractivity (Wildman–Crippen MR) is 121 cm³/mol. The molecule has 1 aliphatic rings. The molecule has 0 spiro atoms. The van der Waals surface area contributed by atoms with Crippen molar-refractivity contribution >= 4 is 5.91 Å². The van der Waals surface area contributed by atoms with Crippen molar-refractivity contribution in [2.75, 3.05) is 39.4 Å². The normalized spacial score (nSPS) is 14.5. The van der Waals surface area contributed by atoms with E-state index in [0.29, 0.717) is 18.7 Å². The van der Waals surface area contributed by atoms with E-state index >= 15 is 0 Å². The second kappa shape index (κ2) is 9.90. The lowest BCUT2D eigenvalue weighted by atomic mass is 10.0. The van der Waals surface area contributed by atoms with Crippen LogP contribution in [-0.2, 0) is 11.3 Å². The summed E-state index contributed by atoms with van der Waals surface area (Å²) < 4.78 is 7.27. The standard InChI is InChI=1S/C25H30N4O2/c1-19-8-9-22(16-20(19)2)24-23(18-29(27-24)17-21-6-4-3-5-7-21)25(30)26-10-11-28-12-14-31-15-13-28/h3-9,16,18H,10-15,17H2,1-2H3,(H,26,30)/p+1. The van der Waals surface area contributed by atoms with Gasteiger partial charge in [-0.1, -0.05) is 42.5 Å². The van der Waals surface area contributed by atoms with Gasteiger partial charge in [0.2, 0.25) is 0 Å². The molecule has 0 unspecified atom stereocenters. The first kappa shape index (κ1) is 21.3. The second-order valence-corrected chi connectivity index (χ2v) is 8.24. The molecular weight excluding hydrogens is 388 g/mol. The second-order valence-electron chi connectivity index (χ2n) is 8.24. The highest BCUT2D eigenvalue weighted by Crippen LogP contribution is 2.25. The van der Waals surface area contributed by atoms with E-state index in [1.165, 1.54) is 16.0 Å². The molecule has 0 atom stereocenters. The number of ether oxygens (including phenoxy) is 1. The van der Waals surface area contributed by atoms with E-state index in [9.17, 15) is 4.79 Å². The summed E-state index contributed by atoms with van der Waals surface area (Å²) in [6, 6.07) is 16.4. The number of carbonyl (C=O) groups excluding carboxylic acids is 1. The van der Waals surface area contributed by atoms with E-state index in [4.69, 9.17) is 9.84 Å². The van der Waals surface area contributed by atoms with Gasteiger partial charge in [0, 0.05) is 11.8 Å². The van der Waals surface area contributed by atoms with E-state index in [-0.39, 0.29) is 5.91 Å². The molecule has 162 valence electrons. The monoisotopic (exact) mass is 419 g/mol. The van der Waals surface area contributed by atoms with Gasteiger partial charge in [0.15, 0.2) is 0 Å². The summed E-state index contributed by atoms with van der Waals surface area (Å²) in [5, 5.41) is 7.91. The number of rotatable bonds is 7. The van der Waals surface area contributed by atoms with E-state index in [0.717, 1.165) is 49.7 Å². The van der Waals surface area contributed by atoms with Crippen molar-refractivity contribution < 1.29 is 14.4 Å². The van der Waals surface area contributed by atoms with Crippen molar-refractivity contribution in [1.82, 2.24) is 15.1 Å². The third-order valence-corrected chi connectivity index (χ3v) is 5.94. The Hall–Kier alpha value is -2.96. The average Bonchev–Trinajstić information content (AvgIpc) is 3.21. The van der Waals surface area contributed by atoms with E-state index < -0.39 is 0 Å². The molecule has 3 aromatic rings. The largest absolute Gasteiger partial charge is 0.370 e. The number of amides is 1. The molecule has 6 heteroatoms. The number of morpholine rings is 1. The maximum absolute atomic E-state index is 13.1. The van der Waals surface area contributed by atoms with E-state index in [1.807, 2.05) is 35.1 Å². The lowest BCUT2D eigenvalue weighted by Crippen LogP contribution is -3.14. The van der Waals surface area contributed by atoms with Gasteiger partial charge in [-0.25, -0.2) is 0 Å². The molecule has 6 nitrogen and oxygen atoms in total. The van der Waals surface area contributed by atoms with Gasteiger partial charge < -0.3 is 15.0 Å². The molecule has 4 rings (SSSR count). The van der Waals surface area contributed by atoms with Crippen molar-refractivity contribution in [2.45, 2.75) is 20.4 Å². The Morgan fingerprint density at radius 2 is 1.87 bits per heavy atom. The minimum Gasteiger partial charge on any atom is -0.370 e. The van der Waals surface area contributed by atoms with Gasteiger partial charge in [-0.2, -0.15) is 5.10 Å². The molecule has 0 aliphatic carbocycles. The molecule has 0 saturated carbocycles. The highest BCUT2D eigenvalue weighted by Gasteiger charge is 2.20. The molecule has 31 heavy (non-hydrogen) atoms. The number of benzene rings is 2. The summed E-state index contributed by atoms with van der Waals surface area (Å²) >= 11 is 0. The lowest BCUT2D eigenvalue weighted by Gasteiger charge is -2.23. The van der Waals surface area contributed by atoms with Crippen LogP contribution in [0.1, 0.15) is 27.0 Å². The molecule has 2 N–H and O–H groups in total. The fraction of sp³-hybridized carbons (Fsp3) is 0.360. The van der Waals surface area contributed by atoms with Crippen LogP contribution in [0.3, 0.4) is 0 Å². The summed E-state index contributed by atoms with van der Waals surface area (Å²) in [6.45, 7) is 9.95.